The van der Waals surface area contributed by atoms with Gasteiger partial charge in [-0.1, -0.05) is 30.0 Å². The molecule has 0 aliphatic carbocycles. The van der Waals surface area contributed by atoms with Gasteiger partial charge in [0.15, 0.2) is 0 Å². The average Bonchev–Trinajstić information content (AvgIpc) is 3.07. The molecule has 0 saturated carbocycles. The van der Waals surface area contributed by atoms with Crippen molar-refractivity contribution in [3.05, 3.63) is 62.3 Å². The van der Waals surface area contributed by atoms with Crippen LogP contribution < -0.4 is 10.6 Å². The molecule has 1 aliphatic heterocycles. The van der Waals surface area contributed by atoms with Crippen molar-refractivity contribution >= 4 is 40.6 Å². The van der Waals surface area contributed by atoms with Crippen molar-refractivity contribution in [2.45, 2.75) is 26.2 Å². The summed E-state index contributed by atoms with van der Waals surface area (Å²) in [6.07, 6.45) is 0.254. The van der Waals surface area contributed by atoms with E-state index < -0.39 is 0 Å². The van der Waals surface area contributed by atoms with Gasteiger partial charge in [-0.3, -0.25) is 9.59 Å². The Morgan fingerprint density at radius 1 is 1.33 bits per heavy atom. The number of nitriles is 1. The number of rotatable bonds is 5. The van der Waals surface area contributed by atoms with Crippen molar-refractivity contribution in [3.63, 3.8) is 0 Å². The van der Waals surface area contributed by atoms with Gasteiger partial charge in [0.05, 0.1) is 22.4 Å². The third-order valence-electron chi connectivity index (χ3n) is 4.34. The molecular formula is C20H19N3O2S2. The molecule has 0 fully saturated rings. The highest BCUT2D eigenvalue weighted by Gasteiger charge is 2.31. The number of nitrogens with one attached hydrogen (secondary N) is 2. The third-order valence-corrected chi connectivity index (χ3v) is 6.49. The molecule has 1 aromatic carbocycles. The quantitative estimate of drug-likeness (QED) is 0.797. The minimum atomic E-state index is -0.245. The molecule has 2 amide bonds. The van der Waals surface area contributed by atoms with Gasteiger partial charge in [-0.25, -0.2) is 0 Å². The fourth-order valence-electron chi connectivity index (χ4n) is 2.94. The van der Waals surface area contributed by atoms with Crippen LogP contribution in [0.5, 0.6) is 0 Å². The summed E-state index contributed by atoms with van der Waals surface area (Å²) in [5.74, 6) is -0.437. The van der Waals surface area contributed by atoms with E-state index in [2.05, 4.69) is 16.7 Å². The van der Waals surface area contributed by atoms with E-state index in [1.807, 2.05) is 49.6 Å². The smallest absolute Gasteiger partial charge is 0.234 e. The Morgan fingerprint density at radius 2 is 2.11 bits per heavy atom. The number of allylic oxidation sites excluding steroid dienone is 1. The molecule has 1 aliphatic rings. The first-order valence-corrected chi connectivity index (χ1v) is 10.3. The van der Waals surface area contributed by atoms with E-state index in [1.165, 1.54) is 11.8 Å². The van der Waals surface area contributed by atoms with E-state index in [0.29, 0.717) is 10.6 Å². The average molecular weight is 398 g/mol. The van der Waals surface area contributed by atoms with Gasteiger partial charge < -0.3 is 10.6 Å². The lowest BCUT2D eigenvalue weighted by atomic mass is 9.91. The zero-order valence-electron chi connectivity index (χ0n) is 15.0. The number of hydrogen-bond acceptors (Lipinski definition) is 5. The zero-order valence-corrected chi connectivity index (χ0v) is 16.7. The minimum Gasteiger partial charge on any atom is -0.325 e. The highest BCUT2D eigenvalue weighted by molar-refractivity contribution is 8.03. The number of para-hydroxylation sites is 1. The van der Waals surface area contributed by atoms with Crippen LogP contribution in [-0.2, 0) is 9.59 Å². The maximum atomic E-state index is 12.3. The molecule has 2 heterocycles. The van der Waals surface area contributed by atoms with E-state index in [4.69, 9.17) is 0 Å². The van der Waals surface area contributed by atoms with Crippen molar-refractivity contribution in [3.8, 4) is 6.07 Å². The Balaban J connectivity index is 1.75. The topological polar surface area (TPSA) is 82.0 Å². The van der Waals surface area contributed by atoms with Crippen molar-refractivity contribution in [1.82, 2.24) is 5.32 Å². The van der Waals surface area contributed by atoms with Gasteiger partial charge in [0, 0.05) is 22.9 Å². The first-order valence-electron chi connectivity index (χ1n) is 8.46. The molecule has 7 heteroatoms. The van der Waals surface area contributed by atoms with Gasteiger partial charge in [-0.05, 0) is 42.5 Å². The van der Waals surface area contributed by atoms with Crippen LogP contribution in [0.4, 0.5) is 5.69 Å². The zero-order chi connectivity index (χ0) is 19.4. The van der Waals surface area contributed by atoms with Crippen LogP contribution in [0.2, 0.25) is 0 Å². The molecule has 138 valence electrons. The largest absolute Gasteiger partial charge is 0.325 e. The fraction of sp³-hybridized carbons (Fsp3) is 0.250. The van der Waals surface area contributed by atoms with Crippen LogP contribution >= 0.6 is 23.1 Å². The van der Waals surface area contributed by atoms with Crippen LogP contribution in [0.25, 0.3) is 0 Å². The van der Waals surface area contributed by atoms with Gasteiger partial charge in [-0.2, -0.15) is 5.26 Å². The predicted molar refractivity (Wildman–Crippen MR) is 109 cm³/mol. The maximum Gasteiger partial charge on any atom is 0.234 e. The monoisotopic (exact) mass is 397 g/mol. The number of hydrogen-bond donors (Lipinski definition) is 2. The molecule has 0 bridgehead atoms. The molecule has 3 rings (SSSR count). The third kappa shape index (κ3) is 4.41. The summed E-state index contributed by atoms with van der Waals surface area (Å²) in [6, 6.07) is 11.8. The Kier molecular flexibility index (Phi) is 5.99. The van der Waals surface area contributed by atoms with Gasteiger partial charge in [0.2, 0.25) is 11.8 Å². The van der Waals surface area contributed by atoms with Crippen LogP contribution in [-0.4, -0.2) is 17.6 Å². The SMILES string of the molecule is Cc1ccccc1NC(=O)CSC1=C(C#N)C(c2sccc2C)CC(=O)N1. The Bertz CT molecular complexity index is 956. The van der Waals surface area contributed by atoms with Crippen molar-refractivity contribution in [2.24, 2.45) is 0 Å². The van der Waals surface area contributed by atoms with Gasteiger partial charge in [0.1, 0.15) is 0 Å². The summed E-state index contributed by atoms with van der Waals surface area (Å²) in [5, 5.41) is 17.8. The summed E-state index contributed by atoms with van der Waals surface area (Å²) >= 11 is 2.74. The number of nitrogens with zero attached hydrogens (tertiary/aromatic N) is 1. The van der Waals surface area contributed by atoms with Crippen LogP contribution in [0, 0.1) is 25.2 Å². The molecular weight excluding hydrogens is 378 g/mol. The summed E-state index contributed by atoms with van der Waals surface area (Å²) in [7, 11) is 0. The number of aryl methyl sites for hydroxylation is 2. The second kappa shape index (κ2) is 8.42. The molecule has 0 saturated heterocycles. The number of benzene rings is 1. The lowest BCUT2D eigenvalue weighted by Crippen LogP contribution is -2.31. The molecule has 5 nitrogen and oxygen atoms in total. The van der Waals surface area contributed by atoms with Crippen molar-refractivity contribution in [2.75, 3.05) is 11.1 Å². The Hall–Kier alpha value is -2.56. The van der Waals surface area contributed by atoms with E-state index in [9.17, 15) is 14.9 Å². The molecule has 1 unspecified atom stereocenters. The second-order valence-electron chi connectivity index (χ2n) is 6.28. The fourth-order valence-corrected chi connectivity index (χ4v) is 4.85. The van der Waals surface area contributed by atoms with Crippen molar-refractivity contribution in [1.29, 1.82) is 5.26 Å². The number of carbonyl (C=O) groups excluding carboxylic acids is 2. The normalized spacial score (nSPS) is 16.6. The summed E-state index contributed by atoms with van der Waals surface area (Å²) in [4.78, 5) is 25.5. The first kappa shape index (κ1) is 19.2. The van der Waals surface area contributed by atoms with Crippen LogP contribution in [0.3, 0.4) is 0 Å². The molecule has 2 aromatic rings. The number of thiophene rings is 1. The molecule has 2 N–H and O–H groups in total. The number of carbonyl (C=O) groups is 2. The number of anilines is 1. The molecule has 1 aromatic heterocycles. The Labute approximate surface area is 166 Å². The van der Waals surface area contributed by atoms with Gasteiger partial charge >= 0.3 is 0 Å². The standard InChI is InChI=1S/C20H19N3O2S2/c1-12-5-3-4-6-16(12)22-18(25)11-27-20-15(10-21)14(9-17(24)23-20)19-13(2)7-8-26-19/h3-8,14H,9,11H2,1-2H3,(H,22,25)(H,23,24). The van der Waals surface area contributed by atoms with E-state index in [0.717, 1.165) is 21.7 Å². The first-order chi connectivity index (χ1) is 13.0. The maximum absolute atomic E-state index is 12.3. The van der Waals surface area contributed by atoms with E-state index in [-0.39, 0.29) is 29.9 Å². The highest BCUT2D eigenvalue weighted by atomic mass is 32.2. The second-order valence-corrected chi connectivity index (χ2v) is 8.21. The summed E-state index contributed by atoms with van der Waals surface area (Å²) in [5.41, 5.74) is 3.34. The van der Waals surface area contributed by atoms with Crippen LogP contribution in [0.15, 0.2) is 46.3 Å². The lowest BCUT2D eigenvalue weighted by molar-refractivity contribution is -0.121. The minimum absolute atomic E-state index is 0.116. The van der Waals surface area contributed by atoms with Gasteiger partial charge in [0.25, 0.3) is 0 Å². The van der Waals surface area contributed by atoms with Gasteiger partial charge in [-0.15, -0.1) is 11.3 Å². The lowest BCUT2D eigenvalue weighted by Gasteiger charge is -2.24. The Morgan fingerprint density at radius 3 is 2.78 bits per heavy atom. The molecule has 0 radical (unpaired) electrons. The molecule has 27 heavy (non-hydrogen) atoms. The summed E-state index contributed by atoms with van der Waals surface area (Å²) < 4.78 is 0. The number of thioether (sulfide) groups is 1. The summed E-state index contributed by atoms with van der Waals surface area (Å²) in [6.45, 7) is 3.91. The highest BCUT2D eigenvalue weighted by Crippen LogP contribution is 2.39. The number of amides is 2. The van der Waals surface area contributed by atoms with E-state index >= 15 is 0 Å². The molecule has 1 atom stereocenters. The predicted octanol–water partition coefficient (Wildman–Crippen LogP) is 4.08. The molecule has 0 spiro atoms. The van der Waals surface area contributed by atoms with E-state index in [1.54, 1.807) is 11.3 Å². The van der Waals surface area contributed by atoms with Crippen LogP contribution in [0.1, 0.15) is 28.3 Å². The van der Waals surface area contributed by atoms with Crippen molar-refractivity contribution < 1.29 is 9.59 Å².